The average molecular weight is 338 g/mol. The van der Waals surface area contributed by atoms with Crippen LogP contribution in [0.4, 0.5) is 0 Å². The molecule has 0 unspecified atom stereocenters. The maximum Gasteiger partial charge on any atom is 0.257 e. The Morgan fingerprint density at radius 1 is 1.04 bits per heavy atom. The molecule has 1 fully saturated rings. The van der Waals surface area contributed by atoms with Crippen molar-refractivity contribution in [3.8, 4) is 5.75 Å². The van der Waals surface area contributed by atoms with Crippen LogP contribution in [0.3, 0.4) is 0 Å². The van der Waals surface area contributed by atoms with Gasteiger partial charge in [-0.2, -0.15) is 0 Å². The van der Waals surface area contributed by atoms with Gasteiger partial charge in [0.15, 0.2) is 0 Å². The van der Waals surface area contributed by atoms with Crippen molar-refractivity contribution < 1.29 is 9.53 Å². The van der Waals surface area contributed by atoms with Gasteiger partial charge in [-0.15, -0.1) is 0 Å². The molecule has 1 amide bonds. The van der Waals surface area contributed by atoms with Gasteiger partial charge in [0.2, 0.25) is 0 Å². The molecule has 0 radical (unpaired) electrons. The lowest BCUT2D eigenvalue weighted by Gasteiger charge is -2.35. The van der Waals surface area contributed by atoms with Crippen molar-refractivity contribution in [2.24, 2.45) is 0 Å². The first-order valence-electron chi connectivity index (χ1n) is 8.79. The van der Waals surface area contributed by atoms with Gasteiger partial charge in [-0.05, 0) is 37.1 Å². The molecule has 1 heterocycles. The van der Waals surface area contributed by atoms with E-state index in [-0.39, 0.29) is 5.91 Å². The molecule has 0 N–H and O–H groups in total. The molecule has 0 aromatic heterocycles. The van der Waals surface area contributed by atoms with Gasteiger partial charge < -0.3 is 9.64 Å². The Bertz CT molecular complexity index is 749. The van der Waals surface area contributed by atoms with Crippen molar-refractivity contribution in [3.05, 3.63) is 64.7 Å². The summed E-state index contributed by atoms with van der Waals surface area (Å²) in [6, 6.07) is 14.0. The highest BCUT2D eigenvalue weighted by Crippen LogP contribution is 2.21. The van der Waals surface area contributed by atoms with Crippen molar-refractivity contribution in [1.82, 2.24) is 9.80 Å². The molecule has 2 aromatic rings. The van der Waals surface area contributed by atoms with Gasteiger partial charge in [0, 0.05) is 32.7 Å². The zero-order valence-corrected chi connectivity index (χ0v) is 15.3. The lowest BCUT2D eigenvalue weighted by Crippen LogP contribution is -2.48. The van der Waals surface area contributed by atoms with Crippen molar-refractivity contribution >= 4 is 5.91 Å². The molecule has 1 saturated heterocycles. The van der Waals surface area contributed by atoms with Crippen LogP contribution < -0.4 is 4.74 Å². The number of methoxy groups -OCH3 is 1. The fourth-order valence-electron chi connectivity index (χ4n) is 3.31. The standard InChI is InChI=1S/C21H26N2O2/c1-16-8-9-17(2)18(14-16)15-22-10-12-23(13-11-22)21(24)19-6-4-5-7-20(19)25-3/h4-9,14H,10-13,15H2,1-3H3. The lowest BCUT2D eigenvalue weighted by atomic mass is 10.0. The number of hydrogen-bond acceptors (Lipinski definition) is 3. The number of ether oxygens (including phenoxy) is 1. The van der Waals surface area contributed by atoms with Crippen molar-refractivity contribution in [1.29, 1.82) is 0 Å². The van der Waals surface area contributed by atoms with Crippen LogP contribution >= 0.6 is 0 Å². The van der Waals surface area contributed by atoms with E-state index in [1.807, 2.05) is 29.2 Å². The minimum absolute atomic E-state index is 0.0591. The molecule has 0 atom stereocenters. The van der Waals surface area contributed by atoms with Crippen LogP contribution in [0.5, 0.6) is 5.75 Å². The number of rotatable bonds is 4. The van der Waals surface area contributed by atoms with E-state index >= 15 is 0 Å². The molecule has 0 saturated carbocycles. The van der Waals surface area contributed by atoms with Crippen LogP contribution in [0.15, 0.2) is 42.5 Å². The molecule has 2 aromatic carbocycles. The van der Waals surface area contributed by atoms with Crippen molar-refractivity contribution in [3.63, 3.8) is 0 Å². The monoisotopic (exact) mass is 338 g/mol. The summed E-state index contributed by atoms with van der Waals surface area (Å²) in [5.41, 5.74) is 4.65. The van der Waals surface area contributed by atoms with E-state index in [4.69, 9.17) is 4.74 Å². The summed E-state index contributed by atoms with van der Waals surface area (Å²) < 4.78 is 5.32. The molecule has 132 valence electrons. The van der Waals surface area contributed by atoms with E-state index in [0.717, 1.165) is 32.7 Å². The number of benzene rings is 2. The van der Waals surface area contributed by atoms with Gasteiger partial charge in [-0.3, -0.25) is 9.69 Å². The van der Waals surface area contributed by atoms with Gasteiger partial charge in [-0.25, -0.2) is 0 Å². The number of para-hydroxylation sites is 1. The van der Waals surface area contributed by atoms with Crippen LogP contribution in [-0.2, 0) is 6.54 Å². The van der Waals surface area contributed by atoms with E-state index in [1.54, 1.807) is 7.11 Å². The number of nitrogens with zero attached hydrogens (tertiary/aromatic N) is 2. The maximum atomic E-state index is 12.8. The highest BCUT2D eigenvalue weighted by Gasteiger charge is 2.24. The number of carbonyl (C=O) groups excluding carboxylic acids is 1. The summed E-state index contributed by atoms with van der Waals surface area (Å²) >= 11 is 0. The Kier molecular flexibility index (Phi) is 5.39. The summed E-state index contributed by atoms with van der Waals surface area (Å²) in [7, 11) is 1.61. The van der Waals surface area contributed by atoms with Crippen LogP contribution in [0.25, 0.3) is 0 Å². The quantitative estimate of drug-likeness (QED) is 0.858. The first-order valence-corrected chi connectivity index (χ1v) is 8.79. The fraction of sp³-hybridized carbons (Fsp3) is 0.381. The summed E-state index contributed by atoms with van der Waals surface area (Å²) in [6.07, 6.45) is 0. The molecule has 0 aliphatic carbocycles. The van der Waals surface area contributed by atoms with Gasteiger partial charge in [0.25, 0.3) is 5.91 Å². The molecular formula is C21H26N2O2. The smallest absolute Gasteiger partial charge is 0.257 e. The topological polar surface area (TPSA) is 32.8 Å². The molecular weight excluding hydrogens is 312 g/mol. The third-order valence-corrected chi connectivity index (χ3v) is 4.90. The second-order valence-electron chi connectivity index (χ2n) is 6.70. The molecule has 4 heteroatoms. The van der Waals surface area contributed by atoms with E-state index in [0.29, 0.717) is 11.3 Å². The minimum Gasteiger partial charge on any atom is -0.496 e. The first-order chi connectivity index (χ1) is 12.1. The van der Waals surface area contributed by atoms with E-state index in [2.05, 4.69) is 36.9 Å². The normalized spacial score (nSPS) is 15.2. The second-order valence-corrected chi connectivity index (χ2v) is 6.70. The number of carbonyl (C=O) groups is 1. The Hall–Kier alpha value is -2.33. The summed E-state index contributed by atoms with van der Waals surface area (Å²) in [6.45, 7) is 8.54. The summed E-state index contributed by atoms with van der Waals surface area (Å²) in [5, 5.41) is 0. The molecule has 3 rings (SSSR count). The molecule has 1 aliphatic rings. The largest absolute Gasteiger partial charge is 0.496 e. The fourth-order valence-corrected chi connectivity index (χ4v) is 3.31. The average Bonchev–Trinajstić information content (AvgIpc) is 2.64. The maximum absolute atomic E-state index is 12.8. The molecule has 1 aliphatic heterocycles. The number of aryl methyl sites for hydroxylation is 2. The van der Waals surface area contributed by atoms with E-state index in [1.165, 1.54) is 16.7 Å². The van der Waals surface area contributed by atoms with E-state index in [9.17, 15) is 4.79 Å². The van der Waals surface area contributed by atoms with Crippen molar-refractivity contribution in [2.45, 2.75) is 20.4 Å². The molecule has 0 spiro atoms. The SMILES string of the molecule is COc1ccccc1C(=O)N1CCN(Cc2cc(C)ccc2C)CC1. The number of piperazine rings is 1. The molecule has 4 nitrogen and oxygen atoms in total. The van der Waals surface area contributed by atoms with Gasteiger partial charge in [-0.1, -0.05) is 35.9 Å². The highest BCUT2D eigenvalue weighted by atomic mass is 16.5. The van der Waals surface area contributed by atoms with Gasteiger partial charge in [0.1, 0.15) is 5.75 Å². The van der Waals surface area contributed by atoms with Crippen LogP contribution in [0, 0.1) is 13.8 Å². The van der Waals surface area contributed by atoms with Crippen molar-refractivity contribution in [2.75, 3.05) is 33.3 Å². The van der Waals surface area contributed by atoms with Gasteiger partial charge >= 0.3 is 0 Å². The first kappa shape index (κ1) is 17.5. The van der Waals surface area contributed by atoms with Crippen LogP contribution in [0.1, 0.15) is 27.0 Å². The predicted molar refractivity (Wildman–Crippen MR) is 100 cm³/mol. The third-order valence-electron chi connectivity index (χ3n) is 4.90. The predicted octanol–water partition coefficient (Wildman–Crippen LogP) is 3.27. The van der Waals surface area contributed by atoms with Crippen LogP contribution in [-0.4, -0.2) is 49.0 Å². The lowest BCUT2D eigenvalue weighted by molar-refractivity contribution is 0.0625. The zero-order chi connectivity index (χ0) is 17.8. The minimum atomic E-state index is 0.0591. The Morgan fingerprint density at radius 3 is 2.48 bits per heavy atom. The summed E-state index contributed by atoms with van der Waals surface area (Å²) in [5.74, 6) is 0.703. The third kappa shape index (κ3) is 4.02. The second kappa shape index (κ2) is 7.70. The van der Waals surface area contributed by atoms with Gasteiger partial charge in [0.05, 0.1) is 12.7 Å². The van der Waals surface area contributed by atoms with E-state index < -0.39 is 0 Å². The Balaban J connectivity index is 1.62. The Morgan fingerprint density at radius 2 is 1.76 bits per heavy atom. The van der Waals surface area contributed by atoms with Crippen LogP contribution in [0.2, 0.25) is 0 Å². The zero-order valence-electron chi connectivity index (χ0n) is 15.3. The number of amides is 1. The highest BCUT2D eigenvalue weighted by molar-refractivity contribution is 5.97. The molecule has 0 bridgehead atoms. The summed E-state index contributed by atoms with van der Waals surface area (Å²) in [4.78, 5) is 17.1. The molecule has 25 heavy (non-hydrogen) atoms. The number of hydrogen-bond donors (Lipinski definition) is 0. The Labute approximate surface area is 150 Å².